The van der Waals surface area contributed by atoms with Crippen molar-refractivity contribution in [1.82, 2.24) is 19.8 Å². The molecule has 27 heavy (non-hydrogen) atoms. The Morgan fingerprint density at radius 2 is 1.96 bits per heavy atom. The third-order valence-corrected chi connectivity index (χ3v) is 7.16. The highest BCUT2D eigenvalue weighted by Crippen LogP contribution is 2.33. The van der Waals surface area contributed by atoms with Crippen molar-refractivity contribution in [2.45, 2.75) is 16.8 Å². The van der Waals surface area contributed by atoms with Gasteiger partial charge in [0.05, 0.1) is 6.54 Å². The van der Waals surface area contributed by atoms with Crippen LogP contribution in [0.15, 0.2) is 34.7 Å². The number of aromatic nitrogens is 2. The number of sulfonamides is 1. The van der Waals surface area contributed by atoms with E-state index in [1.807, 2.05) is 6.07 Å². The smallest absolute Gasteiger partial charge is 0.324 e. The number of nitrogens with zero attached hydrogens (tertiary/aromatic N) is 4. The van der Waals surface area contributed by atoms with Crippen LogP contribution >= 0.6 is 11.3 Å². The molecular weight excluding hydrogens is 392 g/mol. The van der Waals surface area contributed by atoms with Crippen molar-refractivity contribution in [1.29, 1.82) is 0 Å². The van der Waals surface area contributed by atoms with Crippen LogP contribution in [0.3, 0.4) is 0 Å². The summed E-state index contributed by atoms with van der Waals surface area (Å²) in [6.07, 6.45) is 0. The zero-order valence-corrected chi connectivity index (χ0v) is 16.5. The minimum atomic E-state index is -3.79. The molecule has 1 aliphatic rings. The first-order chi connectivity index (χ1) is 12.7. The molecule has 1 aromatic heterocycles. The zero-order chi connectivity index (χ0) is 19.8. The second kappa shape index (κ2) is 6.87. The number of urea groups is 1. The fourth-order valence-electron chi connectivity index (χ4n) is 2.45. The third-order valence-electron chi connectivity index (χ3n) is 4.09. The molecule has 1 aliphatic heterocycles. The van der Waals surface area contributed by atoms with Gasteiger partial charge in [-0.25, -0.2) is 17.5 Å². The summed E-state index contributed by atoms with van der Waals surface area (Å²) in [5.74, 6) is -0.431. The second-order valence-electron chi connectivity index (χ2n) is 6.23. The van der Waals surface area contributed by atoms with Gasteiger partial charge in [-0.2, -0.15) is 0 Å². The number of carbonyl (C=O) groups excluding carboxylic acids is 2. The Kier molecular flexibility index (Phi) is 4.88. The molecule has 1 unspecified atom stereocenters. The summed E-state index contributed by atoms with van der Waals surface area (Å²) >= 11 is 0.728. The van der Waals surface area contributed by atoms with Crippen molar-refractivity contribution in [3.05, 3.63) is 30.3 Å². The van der Waals surface area contributed by atoms with E-state index >= 15 is 0 Å². The monoisotopic (exact) mass is 410 g/mol. The molecule has 3 rings (SSSR count). The van der Waals surface area contributed by atoms with Gasteiger partial charge in [0.15, 0.2) is 0 Å². The van der Waals surface area contributed by atoms with Gasteiger partial charge in [-0.05, 0) is 19.1 Å². The molecule has 144 valence electrons. The molecule has 3 amide bonds. The zero-order valence-electron chi connectivity index (χ0n) is 14.8. The standard InChI is InChI=1S/C15H18N6O4S2/c1-15(11(22)17-10-7-5-4-6-8-10)9-16-12(23)21(15)13-18-19-14(26-13)27(24,25)20(2)3/h4-8H,9H2,1-3H3,(H,16,23)(H,17,22). The van der Waals surface area contributed by atoms with Crippen LogP contribution in [0.2, 0.25) is 0 Å². The number of anilines is 2. The topological polar surface area (TPSA) is 125 Å². The van der Waals surface area contributed by atoms with Crippen molar-refractivity contribution in [3.8, 4) is 0 Å². The van der Waals surface area contributed by atoms with Gasteiger partial charge in [0.2, 0.25) is 9.47 Å². The van der Waals surface area contributed by atoms with Crippen molar-refractivity contribution in [3.63, 3.8) is 0 Å². The van der Waals surface area contributed by atoms with Gasteiger partial charge < -0.3 is 10.6 Å². The molecule has 2 aromatic rings. The number of rotatable bonds is 5. The number of benzene rings is 1. The molecule has 0 bridgehead atoms. The fourth-order valence-corrected chi connectivity index (χ4v) is 4.69. The van der Waals surface area contributed by atoms with Crippen LogP contribution in [-0.2, 0) is 14.8 Å². The molecule has 1 fully saturated rings. The van der Waals surface area contributed by atoms with Crippen LogP contribution in [0.25, 0.3) is 0 Å². The molecule has 1 atom stereocenters. The van der Waals surface area contributed by atoms with E-state index in [0.717, 1.165) is 20.5 Å². The summed E-state index contributed by atoms with van der Waals surface area (Å²) in [4.78, 5) is 26.4. The highest BCUT2D eigenvalue weighted by Gasteiger charge is 2.50. The molecule has 1 aromatic carbocycles. The van der Waals surface area contributed by atoms with Gasteiger partial charge in [-0.3, -0.25) is 9.69 Å². The third kappa shape index (κ3) is 3.38. The Labute approximate surface area is 160 Å². The quantitative estimate of drug-likeness (QED) is 0.700. The van der Waals surface area contributed by atoms with Gasteiger partial charge in [0, 0.05) is 19.8 Å². The minimum absolute atomic E-state index is 0.0242. The molecule has 12 heteroatoms. The van der Waals surface area contributed by atoms with Gasteiger partial charge in [-0.15, -0.1) is 10.2 Å². The van der Waals surface area contributed by atoms with Crippen LogP contribution in [0.1, 0.15) is 6.92 Å². The van der Waals surface area contributed by atoms with E-state index in [4.69, 9.17) is 0 Å². The molecule has 0 radical (unpaired) electrons. The van der Waals surface area contributed by atoms with Crippen LogP contribution < -0.4 is 15.5 Å². The predicted molar refractivity (Wildman–Crippen MR) is 100 cm³/mol. The molecule has 2 heterocycles. The SMILES string of the molecule is CN(C)S(=O)(=O)c1nnc(N2C(=O)NCC2(C)C(=O)Nc2ccccc2)s1. The van der Waals surface area contributed by atoms with Gasteiger partial charge >= 0.3 is 6.03 Å². The normalized spacial score (nSPS) is 20.0. The maximum Gasteiger partial charge on any atom is 0.324 e. The molecule has 0 aliphatic carbocycles. The number of para-hydroxylation sites is 1. The van der Waals surface area contributed by atoms with Gasteiger partial charge in [0.25, 0.3) is 15.9 Å². The van der Waals surface area contributed by atoms with Crippen LogP contribution in [-0.4, -0.2) is 61.0 Å². The number of nitrogens with one attached hydrogen (secondary N) is 2. The van der Waals surface area contributed by atoms with E-state index in [1.165, 1.54) is 14.1 Å². The summed E-state index contributed by atoms with van der Waals surface area (Å²) in [6.45, 7) is 1.62. The first-order valence-corrected chi connectivity index (χ1v) is 10.1. The van der Waals surface area contributed by atoms with E-state index in [2.05, 4.69) is 20.8 Å². The fraction of sp³-hybridized carbons (Fsp3) is 0.333. The highest BCUT2D eigenvalue weighted by molar-refractivity contribution is 7.91. The van der Waals surface area contributed by atoms with Crippen LogP contribution in [0.4, 0.5) is 15.6 Å². The first kappa shape index (κ1) is 19.2. The Hall–Kier alpha value is -2.57. The molecule has 10 nitrogen and oxygen atoms in total. The Bertz CT molecular complexity index is 975. The van der Waals surface area contributed by atoms with Crippen molar-refractivity contribution < 1.29 is 18.0 Å². The average Bonchev–Trinajstić information content (AvgIpc) is 3.21. The van der Waals surface area contributed by atoms with Crippen LogP contribution in [0.5, 0.6) is 0 Å². The van der Waals surface area contributed by atoms with Gasteiger partial charge in [0.1, 0.15) is 5.54 Å². The summed E-state index contributed by atoms with van der Waals surface area (Å²) < 4.78 is 25.2. The van der Waals surface area contributed by atoms with Crippen molar-refractivity contribution in [2.75, 3.05) is 30.9 Å². The number of hydrogen-bond acceptors (Lipinski definition) is 7. The summed E-state index contributed by atoms with van der Waals surface area (Å²) in [7, 11) is -1.05. The lowest BCUT2D eigenvalue weighted by atomic mass is 10.0. The second-order valence-corrected chi connectivity index (χ2v) is 9.51. The largest absolute Gasteiger partial charge is 0.335 e. The number of amides is 3. The molecule has 0 spiro atoms. The van der Waals surface area contributed by atoms with Crippen LogP contribution in [0, 0.1) is 0 Å². The summed E-state index contributed by atoms with van der Waals surface area (Å²) in [5.41, 5.74) is -0.720. The molecule has 1 saturated heterocycles. The maximum atomic E-state index is 12.9. The van der Waals surface area contributed by atoms with E-state index in [0.29, 0.717) is 5.69 Å². The lowest BCUT2D eigenvalue weighted by Crippen LogP contribution is -2.54. The van der Waals surface area contributed by atoms with Crippen molar-refractivity contribution >= 4 is 44.1 Å². The van der Waals surface area contributed by atoms with E-state index in [-0.39, 0.29) is 16.0 Å². The molecular formula is C15H18N6O4S2. The van der Waals surface area contributed by atoms with E-state index < -0.39 is 27.5 Å². The predicted octanol–water partition coefficient (Wildman–Crippen LogP) is 0.715. The van der Waals surface area contributed by atoms with E-state index in [1.54, 1.807) is 31.2 Å². The Morgan fingerprint density at radius 1 is 1.30 bits per heavy atom. The lowest BCUT2D eigenvalue weighted by Gasteiger charge is -2.29. The minimum Gasteiger partial charge on any atom is -0.335 e. The molecule has 2 N–H and O–H groups in total. The molecule has 0 saturated carbocycles. The number of carbonyl (C=O) groups is 2. The van der Waals surface area contributed by atoms with E-state index in [9.17, 15) is 18.0 Å². The Balaban J connectivity index is 1.93. The first-order valence-electron chi connectivity index (χ1n) is 7.87. The lowest BCUT2D eigenvalue weighted by molar-refractivity contribution is -0.120. The Morgan fingerprint density at radius 3 is 2.59 bits per heavy atom. The number of hydrogen-bond donors (Lipinski definition) is 2. The van der Waals surface area contributed by atoms with Crippen molar-refractivity contribution in [2.24, 2.45) is 0 Å². The summed E-state index contributed by atoms with van der Waals surface area (Å²) in [6, 6.07) is 8.27. The highest BCUT2D eigenvalue weighted by atomic mass is 32.2. The van der Waals surface area contributed by atoms with Gasteiger partial charge in [-0.1, -0.05) is 29.5 Å². The summed E-state index contributed by atoms with van der Waals surface area (Å²) in [5, 5.41) is 12.9. The maximum absolute atomic E-state index is 12.9. The average molecular weight is 410 g/mol.